The first-order valence-electron chi connectivity index (χ1n) is 9.26. The molecule has 15 heteroatoms. The molecular formula is C20H12F9N5O. The number of hydrogen-bond donors (Lipinski definition) is 2. The van der Waals surface area contributed by atoms with Gasteiger partial charge < -0.3 is 10.1 Å². The average molecular weight is 509 g/mol. The second-order valence-electron chi connectivity index (χ2n) is 6.62. The molecule has 6 nitrogen and oxygen atoms in total. The van der Waals surface area contributed by atoms with Crippen molar-refractivity contribution in [2.24, 2.45) is 5.10 Å². The lowest BCUT2D eigenvalue weighted by molar-refractivity contribution is -0.253. The molecule has 0 aliphatic rings. The monoisotopic (exact) mass is 509 g/mol. The van der Waals surface area contributed by atoms with Crippen molar-refractivity contribution in [1.29, 1.82) is 0 Å². The van der Waals surface area contributed by atoms with Gasteiger partial charge in [0, 0.05) is 11.8 Å². The molecule has 0 saturated heterocycles. The van der Waals surface area contributed by atoms with Gasteiger partial charge in [-0.15, -0.1) is 0 Å². The van der Waals surface area contributed by atoms with Crippen molar-refractivity contribution in [1.82, 2.24) is 9.97 Å². The molecule has 0 radical (unpaired) electrons. The van der Waals surface area contributed by atoms with Crippen LogP contribution in [0.5, 0.6) is 5.75 Å². The predicted octanol–water partition coefficient (Wildman–Crippen LogP) is 6.20. The topological polar surface area (TPSA) is 71.4 Å². The Balaban J connectivity index is 1.68. The fourth-order valence-electron chi connectivity index (χ4n) is 2.49. The minimum absolute atomic E-state index is 0.231. The zero-order chi connectivity index (χ0) is 25.8. The van der Waals surface area contributed by atoms with E-state index in [1.165, 1.54) is 12.1 Å². The highest BCUT2D eigenvalue weighted by Crippen LogP contribution is 2.33. The highest BCUT2D eigenvalue weighted by atomic mass is 19.4. The van der Waals surface area contributed by atoms with Gasteiger partial charge in [-0.1, -0.05) is 0 Å². The van der Waals surface area contributed by atoms with Gasteiger partial charge in [-0.3, -0.25) is 0 Å². The fraction of sp³-hybridized carbons (Fsp3) is 0.150. The van der Waals surface area contributed by atoms with Gasteiger partial charge in [-0.05, 0) is 48.0 Å². The van der Waals surface area contributed by atoms with Gasteiger partial charge in [0.2, 0.25) is 11.9 Å². The number of nitrogens with zero attached hydrogens (tertiary/aromatic N) is 3. The maximum Gasteiger partial charge on any atom is 0.461 e. The number of anilines is 3. The summed E-state index contributed by atoms with van der Waals surface area (Å²) in [5.41, 5.74) is 0.769. The van der Waals surface area contributed by atoms with E-state index in [9.17, 15) is 39.5 Å². The number of ether oxygens (including phenoxy) is 1. The number of aromatic nitrogens is 2. The predicted molar refractivity (Wildman–Crippen MR) is 106 cm³/mol. The summed E-state index contributed by atoms with van der Waals surface area (Å²) in [7, 11) is 0. The van der Waals surface area contributed by atoms with Crippen LogP contribution in [0.15, 0.2) is 53.6 Å². The third-order valence-electron chi connectivity index (χ3n) is 4.01. The number of nitrogens with one attached hydrogen (secondary N) is 2. The second-order valence-corrected chi connectivity index (χ2v) is 6.62. The van der Waals surface area contributed by atoms with Gasteiger partial charge in [0.1, 0.15) is 17.4 Å². The van der Waals surface area contributed by atoms with Crippen LogP contribution in [0.2, 0.25) is 0 Å². The minimum Gasteiger partial charge on any atom is -0.428 e. The van der Waals surface area contributed by atoms with Crippen LogP contribution in [-0.2, 0) is 6.18 Å². The van der Waals surface area contributed by atoms with Crippen molar-refractivity contribution in [3.05, 3.63) is 71.4 Å². The molecule has 0 fully saturated rings. The molecule has 0 aliphatic carbocycles. The van der Waals surface area contributed by atoms with Gasteiger partial charge in [-0.2, -0.15) is 50.2 Å². The molecule has 2 aromatic carbocycles. The first-order valence-corrected chi connectivity index (χ1v) is 9.26. The number of rotatable bonds is 8. The summed E-state index contributed by atoms with van der Waals surface area (Å²) in [6, 6.07) is 7.18. The summed E-state index contributed by atoms with van der Waals surface area (Å²) in [5.74, 6) is -3.80. The molecule has 1 heterocycles. The Morgan fingerprint density at radius 3 is 2.23 bits per heavy atom. The van der Waals surface area contributed by atoms with Gasteiger partial charge in [0.05, 0.1) is 11.8 Å². The lowest BCUT2D eigenvalue weighted by Crippen LogP contribution is -2.33. The Kier molecular flexibility index (Phi) is 7.36. The summed E-state index contributed by atoms with van der Waals surface area (Å²) in [6.45, 7) is 0. The van der Waals surface area contributed by atoms with Crippen molar-refractivity contribution < 1.29 is 44.3 Å². The summed E-state index contributed by atoms with van der Waals surface area (Å²) < 4.78 is 120. The summed E-state index contributed by atoms with van der Waals surface area (Å²) in [4.78, 5) is 7.20. The van der Waals surface area contributed by atoms with Crippen LogP contribution in [-0.4, -0.2) is 28.7 Å². The van der Waals surface area contributed by atoms with Crippen molar-refractivity contribution in [2.75, 3.05) is 10.7 Å². The van der Waals surface area contributed by atoms with Gasteiger partial charge >= 0.3 is 18.7 Å². The third-order valence-corrected chi connectivity index (χ3v) is 4.01. The molecule has 0 saturated carbocycles. The molecule has 0 spiro atoms. The van der Waals surface area contributed by atoms with E-state index in [4.69, 9.17) is 0 Å². The smallest absolute Gasteiger partial charge is 0.428 e. The van der Waals surface area contributed by atoms with Crippen LogP contribution in [0, 0.1) is 11.8 Å². The van der Waals surface area contributed by atoms with Gasteiger partial charge in [0.15, 0.2) is 0 Å². The zero-order valence-electron chi connectivity index (χ0n) is 16.9. The van der Waals surface area contributed by atoms with Gasteiger partial charge in [0.25, 0.3) is 0 Å². The number of hydrazone groups is 1. The highest BCUT2D eigenvalue weighted by Gasteiger charge is 2.43. The van der Waals surface area contributed by atoms with Crippen molar-refractivity contribution in [2.45, 2.75) is 18.7 Å². The molecule has 0 atom stereocenters. The number of hydrogen-bond acceptors (Lipinski definition) is 6. The van der Waals surface area contributed by atoms with Crippen molar-refractivity contribution >= 4 is 23.7 Å². The zero-order valence-corrected chi connectivity index (χ0v) is 16.9. The van der Waals surface area contributed by atoms with Crippen LogP contribution < -0.4 is 15.5 Å². The molecule has 3 aromatic rings. The molecule has 1 aromatic heterocycles. The normalized spacial score (nSPS) is 12.3. The Morgan fingerprint density at radius 2 is 1.60 bits per heavy atom. The van der Waals surface area contributed by atoms with Crippen LogP contribution in [0.4, 0.5) is 57.0 Å². The number of alkyl halides is 7. The van der Waals surface area contributed by atoms with E-state index in [1.807, 2.05) is 0 Å². The molecule has 0 unspecified atom stereocenters. The summed E-state index contributed by atoms with van der Waals surface area (Å²) in [5, 5.41) is 6.08. The van der Waals surface area contributed by atoms with Crippen LogP contribution in [0.25, 0.3) is 0 Å². The van der Waals surface area contributed by atoms with Gasteiger partial charge in [-0.25, -0.2) is 9.82 Å². The molecule has 0 aliphatic heterocycles. The van der Waals surface area contributed by atoms with E-state index in [1.54, 1.807) is 0 Å². The van der Waals surface area contributed by atoms with E-state index in [0.29, 0.717) is 12.1 Å². The SMILES string of the molecule is Fc1cc(Nc2ccc(F)c(C(F)(F)F)c2)nc(NN=Cc2ccc(OC(F)(F)C(F)F)cc2)n1. The average Bonchev–Trinajstić information content (AvgIpc) is 2.75. The van der Waals surface area contributed by atoms with E-state index in [0.717, 1.165) is 30.5 Å². The Bertz CT molecular complexity index is 1200. The lowest BCUT2D eigenvalue weighted by atomic mass is 10.2. The second kappa shape index (κ2) is 10.1. The third kappa shape index (κ3) is 6.97. The summed E-state index contributed by atoms with van der Waals surface area (Å²) >= 11 is 0. The molecule has 35 heavy (non-hydrogen) atoms. The van der Waals surface area contributed by atoms with E-state index in [2.05, 4.69) is 30.5 Å². The Labute approximate surface area is 190 Å². The molecular weight excluding hydrogens is 497 g/mol. The minimum atomic E-state index is -4.95. The van der Waals surface area contributed by atoms with E-state index >= 15 is 0 Å². The lowest BCUT2D eigenvalue weighted by Gasteiger charge is -2.16. The standard InChI is InChI=1S/C20H12F9N5O/c21-14-6-3-11(7-13(14)19(25,26)27)31-16-8-15(22)32-18(33-16)34-30-9-10-1-4-12(5-2-10)35-20(28,29)17(23)24/h1-9,17H,(H2,31,32,33,34). The van der Waals surface area contributed by atoms with Crippen molar-refractivity contribution in [3.8, 4) is 5.75 Å². The van der Waals surface area contributed by atoms with E-state index < -0.39 is 47.7 Å². The number of benzene rings is 2. The van der Waals surface area contributed by atoms with Crippen molar-refractivity contribution in [3.63, 3.8) is 0 Å². The maximum absolute atomic E-state index is 13.8. The first-order chi connectivity index (χ1) is 16.3. The quantitative estimate of drug-likeness (QED) is 0.164. The maximum atomic E-state index is 13.8. The Hall–Kier alpha value is -4.04. The Morgan fingerprint density at radius 1 is 0.914 bits per heavy atom. The van der Waals surface area contributed by atoms with Crippen LogP contribution in [0.1, 0.15) is 11.1 Å². The largest absolute Gasteiger partial charge is 0.461 e. The summed E-state index contributed by atoms with van der Waals surface area (Å²) in [6.07, 6.45) is -12.5. The molecule has 186 valence electrons. The van der Waals surface area contributed by atoms with E-state index in [-0.39, 0.29) is 17.1 Å². The first kappa shape index (κ1) is 25.6. The molecule has 3 rings (SSSR count). The highest BCUT2D eigenvalue weighted by molar-refractivity contribution is 5.80. The fourth-order valence-corrected chi connectivity index (χ4v) is 2.49. The number of halogens is 9. The van der Waals surface area contributed by atoms with Crippen LogP contribution in [0.3, 0.4) is 0 Å². The molecule has 2 N–H and O–H groups in total. The molecule has 0 amide bonds. The van der Waals surface area contributed by atoms with Crippen LogP contribution >= 0.6 is 0 Å². The molecule has 0 bridgehead atoms.